The number of nitrogens with zero attached hydrogens (tertiary/aromatic N) is 3. The van der Waals surface area contributed by atoms with Crippen molar-refractivity contribution in [2.75, 3.05) is 4.90 Å². The van der Waals surface area contributed by atoms with Crippen LogP contribution in [0.1, 0.15) is 70.7 Å². The molecular weight excluding hydrogens is 350 g/mol. The third-order valence-electron chi connectivity index (χ3n) is 5.69. The lowest BCUT2D eigenvalue weighted by Gasteiger charge is -2.37. The molecule has 6 heteroatoms. The molecule has 1 aliphatic carbocycles. The van der Waals surface area contributed by atoms with E-state index in [0.29, 0.717) is 11.9 Å². The standard InChI is InChI=1S/C22H35N5O/c1-14(2)27-13-24-20(16-12-15(3)10-11-19(16)27)25-17-8-6-7-9-18(17)26-21(23)22(4,5)28/h10-14,17-18,20,25,28H,6-9H2,1-5H3,(H2,23,26)/t17-,18+,20?/m0/s1. The summed E-state index contributed by atoms with van der Waals surface area (Å²) in [5.41, 5.74) is 8.62. The monoisotopic (exact) mass is 385 g/mol. The smallest absolute Gasteiger partial charge is 0.129 e. The quantitative estimate of drug-likeness (QED) is 0.536. The Bertz CT molecular complexity index is 750. The highest BCUT2D eigenvalue weighted by Gasteiger charge is 2.31. The van der Waals surface area contributed by atoms with Crippen LogP contribution < -0.4 is 16.0 Å². The Morgan fingerprint density at radius 1 is 1.32 bits per heavy atom. The second-order valence-electron chi connectivity index (χ2n) is 8.93. The van der Waals surface area contributed by atoms with Crippen LogP contribution in [0.15, 0.2) is 28.2 Å². The SMILES string of the molecule is Cc1ccc2c(c1)C(N[C@H]1CCCC[C@H]1N=C(N)C(C)(C)O)N=CN2C(C)C. The Morgan fingerprint density at radius 3 is 2.71 bits per heavy atom. The van der Waals surface area contributed by atoms with Crippen molar-refractivity contribution >= 4 is 17.9 Å². The van der Waals surface area contributed by atoms with Gasteiger partial charge < -0.3 is 15.7 Å². The number of fused-ring (bicyclic) bond motifs is 1. The van der Waals surface area contributed by atoms with Crippen molar-refractivity contribution in [2.45, 2.75) is 90.2 Å². The van der Waals surface area contributed by atoms with E-state index in [2.05, 4.69) is 49.2 Å². The molecule has 0 saturated heterocycles. The zero-order chi connectivity index (χ0) is 20.5. The van der Waals surface area contributed by atoms with Crippen LogP contribution in [-0.2, 0) is 0 Å². The number of aryl methyl sites for hydroxylation is 1. The highest BCUT2D eigenvalue weighted by atomic mass is 16.3. The van der Waals surface area contributed by atoms with E-state index >= 15 is 0 Å². The average molecular weight is 386 g/mol. The summed E-state index contributed by atoms with van der Waals surface area (Å²) >= 11 is 0. The Kier molecular flexibility index (Phi) is 6.10. The number of rotatable bonds is 5. The molecule has 3 atom stereocenters. The number of hydrogen-bond acceptors (Lipinski definition) is 5. The Balaban J connectivity index is 1.85. The van der Waals surface area contributed by atoms with Crippen LogP contribution >= 0.6 is 0 Å². The maximum absolute atomic E-state index is 10.2. The topological polar surface area (TPSA) is 86.2 Å². The van der Waals surface area contributed by atoms with Gasteiger partial charge in [-0.15, -0.1) is 0 Å². The average Bonchev–Trinajstić information content (AvgIpc) is 2.62. The molecule has 3 rings (SSSR count). The summed E-state index contributed by atoms with van der Waals surface area (Å²) in [4.78, 5) is 11.7. The van der Waals surface area contributed by atoms with E-state index in [4.69, 9.17) is 15.7 Å². The highest BCUT2D eigenvalue weighted by molar-refractivity contribution is 5.88. The second-order valence-corrected chi connectivity index (χ2v) is 8.93. The van der Waals surface area contributed by atoms with Gasteiger partial charge in [0.2, 0.25) is 0 Å². The van der Waals surface area contributed by atoms with Crippen molar-refractivity contribution in [1.29, 1.82) is 0 Å². The van der Waals surface area contributed by atoms with E-state index in [-0.39, 0.29) is 18.2 Å². The molecule has 0 bridgehead atoms. The molecule has 1 heterocycles. The Hall–Kier alpha value is -1.92. The predicted octanol–water partition coefficient (Wildman–Crippen LogP) is 3.28. The lowest BCUT2D eigenvalue weighted by Crippen LogP contribution is -2.47. The third-order valence-corrected chi connectivity index (χ3v) is 5.69. The van der Waals surface area contributed by atoms with Crippen LogP contribution in [0.5, 0.6) is 0 Å². The summed E-state index contributed by atoms with van der Waals surface area (Å²) in [6.07, 6.45) is 6.18. The number of amidine groups is 1. The molecule has 2 aliphatic rings. The largest absolute Gasteiger partial charge is 0.385 e. The molecule has 1 unspecified atom stereocenters. The zero-order valence-corrected chi connectivity index (χ0v) is 17.8. The second kappa shape index (κ2) is 8.21. The number of hydrogen-bond donors (Lipinski definition) is 3. The number of nitrogens with one attached hydrogen (secondary N) is 1. The fraction of sp³-hybridized carbons (Fsp3) is 0.636. The van der Waals surface area contributed by atoms with Crippen molar-refractivity contribution in [3.05, 3.63) is 29.3 Å². The first-order valence-electron chi connectivity index (χ1n) is 10.4. The van der Waals surface area contributed by atoms with Crippen molar-refractivity contribution in [1.82, 2.24) is 5.32 Å². The van der Waals surface area contributed by atoms with Crippen LogP contribution in [0.25, 0.3) is 0 Å². The molecule has 1 fully saturated rings. The minimum Gasteiger partial charge on any atom is -0.385 e. The normalized spacial score (nSPS) is 25.9. The molecule has 0 spiro atoms. The van der Waals surface area contributed by atoms with E-state index in [1.54, 1.807) is 13.8 Å². The molecule has 28 heavy (non-hydrogen) atoms. The van der Waals surface area contributed by atoms with E-state index < -0.39 is 5.60 Å². The van der Waals surface area contributed by atoms with Crippen LogP contribution in [0, 0.1) is 6.92 Å². The minimum atomic E-state index is -1.09. The molecular formula is C22H35N5O. The van der Waals surface area contributed by atoms with Gasteiger partial charge in [-0.2, -0.15) is 0 Å². The molecule has 4 N–H and O–H groups in total. The van der Waals surface area contributed by atoms with Gasteiger partial charge in [0.1, 0.15) is 17.6 Å². The minimum absolute atomic E-state index is 0.0618. The zero-order valence-electron chi connectivity index (χ0n) is 17.8. The maximum Gasteiger partial charge on any atom is 0.129 e. The van der Waals surface area contributed by atoms with Crippen molar-refractivity contribution in [3.63, 3.8) is 0 Å². The van der Waals surface area contributed by atoms with E-state index in [9.17, 15) is 5.11 Å². The van der Waals surface area contributed by atoms with Gasteiger partial charge in [0.25, 0.3) is 0 Å². The van der Waals surface area contributed by atoms with Gasteiger partial charge in [0, 0.05) is 23.3 Å². The van der Waals surface area contributed by atoms with Crippen LogP contribution in [0.4, 0.5) is 5.69 Å². The molecule has 1 aliphatic heterocycles. The summed E-state index contributed by atoms with van der Waals surface area (Å²) in [6.45, 7) is 9.83. The number of anilines is 1. The summed E-state index contributed by atoms with van der Waals surface area (Å²) in [5.74, 6) is 0.306. The first-order chi connectivity index (χ1) is 13.2. The molecule has 1 saturated carbocycles. The highest BCUT2D eigenvalue weighted by Crippen LogP contribution is 2.34. The molecule has 6 nitrogen and oxygen atoms in total. The van der Waals surface area contributed by atoms with E-state index in [1.165, 1.54) is 23.2 Å². The van der Waals surface area contributed by atoms with Crippen molar-refractivity contribution < 1.29 is 5.11 Å². The number of benzene rings is 1. The lowest BCUT2D eigenvalue weighted by molar-refractivity contribution is 0.151. The summed E-state index contributed by atoms with van der Waals surface area (Å²) in [6, 6.07) is 7.17. The van der Waals surface area contributed by atoms with Gasteiger partial charge in [-0.25, -0.2) is 0 Å². The van der Waals surface area contributed by atoms with Crippen LogP contribution in [0.2, 0.25) is 0 Å². The number of aliphatic hydroxyl groups is 1. The van der Waals surface area contributed by atoms with Gasteiger partial charge in [0.05, 0.1) is 12.4 Å². The molecule has 154 valence electrons. The molecule has 0 aromatic heterocycles. The van der Waals surface area contributed by atoms with Crippen molar-refractivity contribution in [3.8, 4) is 0 Å². The Morgan fingerprint density at radius 2 is 2.04 bits per heavy atom. The van der Waals surface area contributed by atoms with Gasteiger partial charge in [-0.1, -0.05) is 30.5 Å². The Labute approximate surface area is 168 Å². The third kappa shape index (κ3) is 4.55. The first-order valence-corrected chi connectivity index (χ1v) is 10.4. The molecule has 1 aromatic carbocycles. The van der Waals surface area contributed by atoms with Crippen LogP contribution in [-0.4, -0.2) is 41.0 Å². The summed E-state index contributed by atoms with van der Waals surface area (Å²) < 4.78 is 0. The molecule has 0 amide bonds. The van der Waals surface area contributed by atoms with Crippen LogP contribution in [0.3, 0.4) is 0 Å². The van der Waals surface area contributed by atoms with Gasteiger partial charge >= 0.3 is 0 Å². The lowest BCUT2D eigenvalue weighted by atomic mass is 9.89. The van der Waals surface area contributed by atoms with E-state index in [0.717, 1.165) is 19.3 Å². The summed E-state index contributed by atoms with van der Waals surface area (Å²) in [7, 11) is 0. The van der Waals surface area contributed by atoms with Crippen molar-refractivity contribution in [2.24, 2.45) is 15.7 Å². The van der Waals surface area contributed by atoms with E-state index in [1.807, 2.05) is 6.34 Å². The maximum atomic E-state index is 10.2. The predicted molar refractivity (Wildman–Crippen MR) is 117 cm³/mol. The number of nitrogens with two attached hydrogens (primary N) is 1. The van der Waals surface area contributed by atoms with Gasteiger partial charge in [-0.3, -0.25) is 15.3 Å². The fourth-order valence-electron chi connectivity index (χ4n) is 3.95. The fourth-order valence-corrected chi connectivity index (χ4v) is 3.95. The summed E-state index contributed by atoms with van der Waals surface area (Å²) in [5, 5.41) is 13.9. The molecule has 1 aromatic rings. The first kappa shape index (κ1) is 20.8. The van der Waals surface area contributed by atoms with Gasteiger partial charge in [-0.05, 0) is 53.5 Å². The number of aliphatic imine (C=N–C) groups is 2. The van der Waals surface area contributed by atoms with Gasteiger partial charge in [0.15, 0.2) is 0 Å². The molecule has 0 radical (unpaired) electrons.